The van der Waals surface area contributed by atoms with Gasteiger partial charge in [-0.05, 0) is 18.6 Å². The van der Waals surface area contributed by atoms with Crippen molar-refractivity contribution in [2.24, 2.45) is 0 Å². The highest BCUT2D eigenvalue weighted by Crippen LogP contribution is 2.21. The largest absolute Gasteiger partial charge is 0.394 e. The second-order valence-electron chi connectivity index (χ2n) is 3.38. The highest BCUT2D eigenvalue weighted by molar-refractivity contribution is 5.64. The standard InChI is InChI=1S/C10H12N4O/c1-12-9-3-2-8(11)10(14-9)13-6-7-4-5-15-7/h2-3,7H,4-6,11H2,(H,13,14)/t7-/m0/s1. The van der Waals surface area contributed by atoms with E-state index in [4.69, 9.17) is 17.0 Å². The number of hydrogen-bond donors (Lipinski definition) is 2. The molecule has 0 aliphatic carbocycles. The van der Waals surface area contributed by atoms with Gasteiger partial charge >= 0.3 is 0 Å². The van der Waals surface area contributed by atoms with Crippen LogP contribution in [0.4, 0.5) is 17.3 Å². The van der Waals surface area contributed by atoms with Gasteiger partial charge in [-0.3, -0.25) is 0 Å². The van der Waals surface area contributed by atoms with Gasteiger partial charge in [0.2, 0.25) is 5.82 Å². The first-order chi connectivity index (χ1) is 7.29. The minimum Gasteiger partial charge on any atom is -0.394 e. The van der Waals surface area contributed by atoms with Gasteiger partial charge in [0, 0.05) is 13.2 Å². The van der Waals surface area contributed by atoms with Crippen molar-refractivity contribution >= 4 is 17.3 Å². The number of aromatic nitrogens is 1. The minimum absolute atomic E-state index is 0.253. The molecule has 2 rings (SSSR count). The second-order valence-corrected chi connectivity index (χ2v) is 3.38. The predicted octanol–water partition coefficient (Wildman–Crippen LogP) is 1.42. The van der Waals surface area contributed by atoms with E-state index >= 15 is 0 Å². The molecule has 5 nitrogen and oxygen atoms in total. The molecule has 5 heteroatoms. The fourth-order valence-electron chi connectivity index (χ4n) is 1.32. The number of ether oxygens (including phenoxy) is 1. The molecule has 1 fully saturated rings. The predicted molar refractivity (Wildman–Crippen MR) is 57.8 cm³/mol. The molecule has 0 amide bonds. The lowest BCUT2D eigenvalue weighted by atomic mass is 10.2. The Hall–Kier alpha value is -1.80. The SMILES string of the molecule is [C-]#[N+]c1ccc(N)c(NC[C@@H]2CCO2)n1. The van der Waals surface area contributed by atoms with Gasteiger partial charge in [-0.25, -0.2) is 0 Å². The van der Waals surface area contributed by atoms with Crippen LogP contribution in [0.2, 0.25) is 0 Å². The number of anilines is 2. The van der Waals surface area contributed by atoms with E-state index in [1.54, 1.807) is 12.1 Å². The second kappa shape index (κ2) is 4.15. The summed E-state index contributed by atoms with van der Waals surface area (Å²) in [7, 11) is 0. The molecule has 1 aliphatic heterocycles. The van der Waals surface area contributed by atoms with Crippen molar-refractivity contribution in [3.8, 4) is 0 Å². The van der Waals surface area contributed by atoms with Crippen LogP contribution in [-0.2, 0) is 4.74 Å². The first-order valence-electron chi connectivity index (χ1n) is 4.79. The quantitative estimate of drug-likeness (QED) is 0.731. The summed E-state index contributed by atoms with van der Waals surface area (Å²) in [5.74, 6) is 0.917. The number of rotatable bonds is 3. The zero-order chi connectivity index (χ0) is 10.7. The molecule has 0 unspecified atom stereocenters. The summed E-state index contributed by atoms with van der Waals surface area (Å²) in [5.41, 5.74) is 6.28. The molecule has 1 aromatic heterocycles. The molecule has 1 atom stereocenters. The smallest absolute Gasteiger partial charge is 0.271 e. The zero-order valence-corrected chi connectivity index (χ0v) is 8.23. The van der Waals surface area contributed by atoms with Crippen LogP contribution in [0.15, 0.2) is 12.1 Å². The first kappa shape index (κ1) is 9.74. The lowest BCUT2D eigenvalue weighted by Gasteiger charge is -2.26. The van der Waals surface area contributed by atoms with E-state index in [0.717, 1.165) is 13.0 Å². The van der Waals surface area contributed by atoms with Crippen LogP contribution in [0, 0.1) is 6.57 Å². The third-order valence-electron chi connectivity index (χ3n) is 2.32. The maximum Gasteiger partial charge on any atom is 0.271 e. The number of hydrogen-bond acceptors (Lipinski definition) is 4. The lowest BCUT2D eigenvalue weighted by molar-refractivity contribution is -0.0410. The average Bonchev–Trinajstić information content (AvgIpc) is 2.18. The molecule has 78 valence electrons. The van der Waals surface area contributed by atoms with E-state index in [0.29, 0.717) is 23.9 Å². The Morgan fingerprint density at radius 1 is 1.67 bits per heavy atom. The first-order valence-corrected chi connectivity index (χ1v) is 4.79. The molecule has 0 saturated carbocycles. The van der Waals surface area contributed by atoms with Crippen LogP contribution in [0.25, 0.3) is 4.85 Å². The molecule has 15 heavy (non-hydrogen) atoms. The van der Waals surface area contributed by atoms with Crippen molar-refractivity contribution in [2.75, 3.05) is 24.2 Å². The van der Waals surface area contributed by atoms with Crippen LogP contribution in [0.3, 0.4) is 0 Å². The summed E-state index contributed by atoms with van der Waals surface area (Å²) in [6.45, 7) is 8.37. The molecule has 0 aromatic carbocycles. The normalized spacial score (nSPS) is 19.0. The minimum atomic E-state index is 0.253. The molecule has 1 saturated heterocycles. The van der Waals surface area contributed by atoms with Gasteiger partial charge in [-0.1, -0.05) is 6.57 Å². The molecular weight excluding hydrogens is 192 g/mol. The summed E-state index contributed by atoms with van der Waals surface area (Å²) in [4.78, 5) is 7.32. The number of nitrogens with two attached hydrogens (primary N) is 1. The zero-order valence-electron chi connectivity index (χ0n) is 8.23. The molecule has 0 radical (unpaired) electrons. The molecule has 2 heterocycles. The Kier molecular flexibility index (Phi) is 2.70. The van der Waals surface area contributed by atoms with E-state index in [1.165, 1.54) is 0 Å². The number of nitrogen functional groups attached to an aromatic ring is 1. The molecule has 0 spiro atoms. The summed E-state index contributed by atoms with van der Waals surface area (Å²) in [6, 6.07) is 3.29. The summed E-state index contributed by atoms with van der Waals surface area (Å²) in [5, 5.41) is 3.09. The third-order valence-corrected chi connectivity index (χ3v) is 2.32. The van der Waals surface area contributed by atoms with Crippen molar-refractivity contribution in [1.29, 1.82) is 0 Å². The number of pyridine rings is 1. The van der Waals surface area contributed by atoms with Gasteiger partial charge in [-0.2, -0.15) is 0 Å². The van der Waals surface area contributed by atoms with Crippen LogP contribution in [0.5, 0.6) is 0 Å². The van der Waals surface area contributed by atoms with E-state index in [9.17, 15) is 0 Å². The topological polar surface area (TPSA) is 64.5 Å². The highest BCUT2D eigenvalue weighted by Gasteiger charge is 2.18. The van der Waals surface area contributed by atoms with Gasteiger partial charge in [0.15, 0.2) is 0 Å². The van der Waals surface area contributed by atoms with Gasteiger partial charge in [0.1, 0.15) is 0 Å². The fourth-order valence-corrected chi connectivity index (χ4v) is 1.32. The van der Waals surface area contributed by atoms with Crippen molar-refractivity contribution in [3.05, 3.63) is 23.5 Å². The summed E-state index contributed by atoms with van der Waals surface area (Å²) in [6.07, 6.45) is 1.32. The number of nitrogens with zero attached hydrogens (tertiary/aromatic N) is 2. The monoisotopic (exact) mass is 204 g/mol. The van der Waals surface area contributed by atoms with Crippen molar-refractivity contribution in [3.63, 3.8) is 0 Å². The molecule has 1 aromatic rings. The van der Waals surface area contributed by atoms with E-state index in [1.807, 2.05) is 0 Å². The van der Waals surface area contributed by atoms with Crippen LogP contribution < -0.4 is 11.1 Å². The summed E-state index contributed by atoms with van der Waals surface area (Å²) >= 11 is 0. The maximum absolute atomic E-state index is 6.84. The fraction of sp³-hybridized carbons (Fsp3) is 0.400. The molecule has 3 N–H and O–H groups in total. The Labute approximate surface area is 88.1 Å². The Bertz CT molecular complexity index is 395. The van der Waals surface area contributed by atoms with Crippen molar-refractivity contribution in [2.45, 2.75) is 12.5 Å². The van der Waals surface area contributed by atoms with Crippen LogP contribution in [0.1, 0.15) is 6.42 Å². The Morgan fingerprint density at radius 3 is 3.07 bits per heavy atom. The maximum atomic E-state index is 6.84. The van der Waals surface area contributed by atoms with Crippen LogP contribution in [-0.4, -0.2) is 24.2 Å². The average molecular weight is 204 g/mol. The van der Waals surface area contributed by atoms with E-state index in [2.05, 4.69) is 15.1 Å². The van der Waals surface area contributed by atoms with Gasteiger partial charge < -0.3 is 20.6 Å². The van der Waals surface area contributed by atoms with Crippen molar-refractivity contribution < 1.29 is 4.74 Å². The van der Waals surface area contributed by atoms with Gasteiger partial charge in [0.25, 0.3) is 5.82 Å². The van der Waals surface area contributed by atoms with Gasteiger partial charge in [-0.15, -0.1) is 4.98 Å². The van der Waals surface area contributed by atoms with Crippen LogP contribution >= 0.6 is 0 Å². The Morgan fingerprint density at radius 2 is 2.47 bits per heavy atom. The van der Waals surface area contributed by atoms with E-state index in [-0.39, 0.29) is 6.10 Å². The van der Waals surface area contributed by atoms with Crippen molar-refractivity contribution in [1.82, 2.24) is 4.98 Å². The van der Waals surface area contributed by atoms with E-state index < -0.39 is 0 Å². The van der Waals surface area contributed by atoms with Gasteiger partial charge in [0.05, 0.1) is 11.8 Å². The molecule has 1 aliphatic rings. The third kappa shape index (κ3) is 2.17. The highest BCUT2D eigenvalue weighted by atomic mass is 16.5. The lowest BCUT2D eigenvalue weighted by Crippen LogP contribution is -2.33. The summed E-state index contributed by atoms with van der Waals surface area (Å²) < 4.78 is 5.26. The molecule has 0 bridgehead atoms. The molecular formula is C10H12N4O. The Balaban J connectivity index is 2.02. The number of nitrogens with one attached hydrogen (secondary N) is 1.